The first-order valence-corrected chi connectivity index (χ1v) is 7.82. The minimum atomic E-state index is 0.271. The molecule has 102 valence electrons. The molecule has 6 heteroatoms. The molecule has 0 bridgehead atoms. The number of ether oxygens (including phenoxy) is 1. The molecule has 2 rings (SSSR count). The molecule has 0 aliphatic heterocycles. The van der Waals surface area contributed by atoms with Crippen LogP contribution < -0.4 is 4.74 Å². The number of nitrogens with zero attached hydrogens (tertiary/aromatic N) is 3. The van der Waals surface area contributed by atoms with E-state index in [9.17, 15) is 0 Å². The summed E-state index contributed by atoms with van der Waals surface area (Å²) in [5.74, 6) is 0.849. The van der Waals surface area contributed by atoms with Crippen molar-refractivity contribution in [1.29, 1.82) is 0 Å². The molecule has 0 radical (unpaired) electrons. The Morgan fingerprint density at radius 2 is 2.26 bits per heavy atom. The van der Waals surface area contributed by atoms with Crippen molar-refractivity contribution in [2.24, 2.45) is 0 Å². The van der Waals surface area contributed by atoms with Gasteiger partial charge in [0.05, 0.1) is 17.1 Å². The minimum absolute atomic E-state index is 0.271. The summed E-state index contributed by atoms with van der Waals surface area (Å²) >= 11 is 6.97. The van der Waals surface area contributed by atoms with Gasteiger partial charge in [-0.3, -0.25) is 0 Å². The first-order chi connectivity index (χ1) is 9.19. The van der Waals surface area contributed by atoms with E-state index in [2.05, 4.69) is 49.1 Å². The minimum Gasteiger partial charge on any atom is -0.492 e. The van der Waals surface area contributed by atoms with Crippen molar-refractivity contribution < 1.29 is 4.74 Å². The first kappa shape index (κ1) is 14.5. The molecule has 0 aliphatic carbocycles. The van der Waals surface area contributed by atoms with E-state index in [0.29, 0.717) is 13.2 Å². The van der Waals surface area contributed by atoms with Gasteiger partial charge in [-0.2, -0.15) is 0 Å². The summed E-state index contributed by atoms with van der Waals surface area (Å²) < 4.78 is 8.47. The lowest BCUT2D eigenvalue weighted by atomic mass is 10.3. The van der Waals surface area contributed by atoms with Gasteiger partial charge in [0.1, 0.15) is 12.4 Å². The zero-order valence-electron chi connectivity index (χ0n) is 10.6. The van der Waals surface area contributed by atoms with Crippen LogP contribution in [0.1, 0.15) is 23.9 Å². The van der Waals surface area contributed by atoms with Crippen molar-refractivity contribution in [1.82, 2.24) is 15.0 Å². The highest BCUT2D eigenvalue weighted by molar-refractivity contribution is 9.10. The van der Waals surface area contributed by atoms with Gasteiger partial charge < -0.3 is 4.74 Å². The van der Waals surface area contributed by atoms with Crippen LogP contribution >= 0.6 is 31.9 Å². The Balaban J connectivity index is 1.84. The van der Waals surface area contributed by atoms with Crippen LogP contribution in [0.5, 0.6) is 5.75 Å². The molecule has 4 nitrogen and oxygen atoms in total. The Bertz CT molecular complexity index is 530. The average molecular weight is 389 g/mol. The third-order valence-electron chi connectivity index (χ3n) is 2.62. The second-order valence-electron chi connectivity index (χ2n) is 4.09. The summed E-state index contributed by atoms with van der Waals surface area (Å²) in [5, 5.41) is 8.21. The van der Waals surface area contributed by atoms with Crippen LogP contribution in [0.15, 0.2) is 34.9 Å². The van der Waals surface area contributed by atoms with Crippen LogP contribution in [-0.2, 0) is 6.54 Å². The maximum Gasteiger partial charge on any atom is 0.120 e. The second-order valence-corrected chi connectivity index (χ2v) is 6.11. The number of rotatable bonds is 6. The third-order valence-corrected chi connectivity index (χ3v) is 4.23. The molecule has 0 N–H and O–H groups in total. The fourth-order valence-corrected chi connectivity index (χ4v) is 2.18. The number of aromatic nitrogens is 3. The Morgan fingerprint density at radius 3 is 3.00 bits per heavy atom. The quantitative estimate of drug-likeness (QED) is 0.703. The topological polar surface area (TPSA) is 39.9 Å². The molecule has 0 fully saturated rings. The Labute approximate surface area is 129 Å². The Hall–Kier alpha value is -0.880. The van der Waals surface area contributed by atoms with Gasteiger partial charge in [0.15, 0.2) is 0 Å². The smallest absolute Gasteiger partial charge is 0.120 e. The highest BCUT2D eigenvalue weighted by Crippen LogP contribution is 2.23. The van der Waals surface area contributed by atoms with E-state index in [-0.39, 0.29) is 4.83 Å². The van der Waals surface area contributed by atoms with Gasteiger partial charge in [0, 0.05) is 10.7 Å². The zero-order chi connectivity index (χ0) is 13.7. The summed E-state index contributed by atoms with van der Waals surface area (Å²) in [6.45, 7) is 3.36. The second kappa shape index (κ2) is 7.05. The lowest BCUT2D eigenvalue weighted by Gasteiger charge is -2.06. The normalized spacial score (nSPS) is 12.4. The largest absolute Gasteiger partial charge is 0.492 e. The molecule has 2 aromatic rings. The lowest BCUT2D eigenvalue weighted by Crippen LogP contribution is -2.08. The van der Waals surface area contributed by atoms with Crippen molar-refractivity contribution in [2.75, 3.05) is 6.61 Å². The number of alkyl halides is 1. The summed E-state index contributed by atoms with van der Waals surface area (Å²) in [6.07, 6.45) is 2.94. The SMILES string of the molecule is CCC(Br)c1cn(CCOc2cccc(Br)c2)nn1. The van der Waals surface area contributed by atoms with Crippen LogP contribution in [0.4, 0.5) is 0 Å². The average Bonchev–Trinajstić information content (AvgIpc) is 2.87. The maximum atomic E-state index is 5.66. The molecule has 0 saturated heterocycles. The number of hydrogen-bond donors (Lipinski definition) is 0. The van der Waals surface area contributed by atoms with Crippen molar-refractivity contribution in [3.8, 4) is 5.75 Å². The van der Waals surface area contributed by atoms with Crippen LogP contribution in [0, 0.1) is 0 Å². The summed E-state index contributed by atoms with van der Waals surface area (Å²) in [5.41, 5.74) is 0.963. The number of hydrogen-bond acceptors (Lipinski definition) is 3. The third kappa shape index (κ3) is 4.31. The van der Waals surface area contributed by atoms with Crippen LogP contribution in [0.3, 0.4) is 0 Å². The van der Waals surface area contributed by atoms with E-state index in [1.165, 1.54) is 0 Å². The summed E-state index contributed by atoms with van der Waals surface area (Å²) in [6, 6.07) is 7.79. The Morgan fingerprint density at radius 1 is 1.42 bits per heavy atom. The zero-order valence-corrected chi connectivity index (χ0v) is 13.8. The van der Waals surface area contributed by atoms with E-state index in [4.69, 9.17) is 4.74 Å². The van der Waals surface area contributed by atoms with Gasteiger partial charge in [-0.15, -0.1) is 5.10 Å². The number of halogens is 2. The van der Waals surface area contributed by atoms with Gasteiger partial charge in [0.2, 0.25) is 0 Å². The molecule has 0 amide bonds. The molecule has 0 spiro atoms. The molecule has 1 unspecified atom stereocenters. The highest BCUT2D eigenvalue weighted by atomic mass is 79.9. The molecule has 19 heavy (non-hydrogen) atoms. The Kier molecular flexibility index (Phi) is 5.39. The maximum absolute atomic E-state index is 5.66. The molecule has 0 aliphatic rings. The molecular formula is C13H15Br2N3O. The van der Waals surface area contributed by atoms with Gasteiger partial charge in [-0.05, 0) is 24.6 Å². The first-order valence-electron chi connectivity index (χ1n) is 6.11. The summed E-state index contributed by atoms with van der Waals surface area (Å²) in [7, 11) is 0. The van der Waals surface area contributed by atoms with Gasteiger partial charge in [-0.1, -0.05) is 50.1 Å². The molecule has 1 aromatic heterocycles. The van der Waals surface area contributed by atoms with Gasteiger partial charge >= 0.3 is 0 Å². The number of benzene rings is 1. The fourth-order valence-electron chi connectivity index (χ4n) is 1.59. The van der Waals surface area contributed by atoms with Crippen molar-refractivity contribution in [3.63, 3.8) is 0 Å². The molecule has 0 saturated carbocycles. The molecule has 1 atom stereocenters. The lowest BCUT2D eigenvalue weighted by molar-refractivity contribution is 0.289. The van der Waals surface area contributed by atoms with Crippen LogP contribution in [-0.4, -0.2) is 21.6 Å². The predicted molar refractivity (Wildman–Crippen MR) is 81.6 cm³/mol. The highest BCUT2D eigenvalue weighted by Gasteiger charge is 2.09. The predicted octanol–water partition coefficient (Wildman–Crippen LogP) is 3.97. The molecule has 1 aromatic carbocycles. The van der Waals surface area contributed by atoms with Crippen molar-refractivity contribution in [2.45, 2.75) is 24.7 Å². The van der Waals surface area contributed by atoms with Crippen LogP contribution in [0.25, 0.3) is 0 Å². The standard InChI is InChI=1S/C13H15Br2N3O/c1-2-12(15)13-9-18(17-16-13)6-7-19-11-5-3-4-10(14)8-11/h3-5,8-9,12H,2,6-7H2,1H3. The van der Waals surface area contributed by atoms with Gasteiger partial charge in [-0.25, -0.2) is 4.68 Å². The molecule has 1 heterocycles. The van der Waals surface area contributed by atoms with E-state index >= 15 is 0 Å². The van der Waals surface area contributed by atoms with Crippen molar-refractivity contribution in [3.05, 3.63) is 40.6 Å². The molecular weight excluding hydrogens is 374 g/mol. The van der Waals surface area contributed by atoms with E-state index in [1.807, 2.05) is 30.5 Å². The van der Waals surface area contributed by atoms with Crippen LogP contribution in [0.2, 0.25) is 0 Å². The summed E-state index contributed by atoms with van der Waals surface area (Å²) in [4.78, 5) is 0.271. The van der Waals surface area contributed by atoms with E-state index in [1.54, 1.807) is 4.68 Å². The monoisotopic (exact) mass is 387 g/mol. The fraction of sp³-hybridized carbons (Fsp3) is 0.385. The van der Waals surface area contributed by atoms with Crippen molar-refractivity contribution >= 4 is 31.9 Å². The van der Waals surface area contributed by atoms with E-state index < -0.39 is 0 Å². The van der Waals surface area contributed by atoms with E-state index in [0.717, 1.165) is 22.3 Å². The van der Waals surface area contributed by atoms with Gasteiger partial charge in [0.25, 0.3) is 0 Å².